The number of para-hydroxylation sites is 1. The van der Waals surface area contributed by atoms with Crippen molar-refractivity contribution in [3.05, 3.63) is 77.4 Å². The Hall–Kier alpha value is -3.28. The van der Waals surface area contributed by atoms with E-state index in [9.17, 15) is 9.18 Å². The van der Waals surface area contributed by atoms with Crippen molar-refractivity contribution in [3.63, 3.8) is 0 Å². The third-order valence-corrected chi connectivity index (χ3v) is 4.96. The van der Waals surface area contributed by atoms with E-state index < -0.39 is 0 Å². The molecule has 0 radical (unpaired) electrons. The zero-order valence-corrected chi connectivity index (χ0v) is 15.7. The number of rotatable bonds is 3. The molecule has 1 N–H and O–H groups in total. The molecule has 0 saturated carbocycles. The minimum Gasteiger partial charge on any atom is -0.320 e. The van der Waals surface area contributed by atoms with Gasteiger partial charge in [0, 0.05) is 36.0 Å². The lowest BCUT2D eigenvalue weighted by atomic mass is 10.1. The number of hydrogen-bond acceptors (Lipinski definition) is 3. The van der Waals surface area contributed by atoms with Crippen molar-refractivity contribution in [2.24, 2.45) is 0 Å². The SMILES string of the molecule is CCc1ccccc1NC(=O)N1CCc2nc(-c3ccc(F)cc3)ncc2C1. The van der Waals surface area contributed by atoms with Crippen molar-refractivity contribution in [1.82, 2.24) is 14.9 Å². The summed E-state index contributed by atoms with van der Waals surface area (Å²) in [5.74, 6) is 0.293. The van der Waals surface area contributed by atoms with E-state index in [1.807, 2.05) is 24.3 Å². The van der Waals surface area contributed by atoms with Gasteiger partial charge in [-0.3, -0.25) is 0 Å². The molecule has 1 aromatic heterocycles. The van der Waals surface area contributed by atoms with Gasteiger partial charge in [-0.2, -0.15) is 0 Å². The topological polar surface area (TPSA) is 58.1 Å². The molecule has 1 aliphatic heterocycles. The number of urea groups is 1. The molecule has 2 aromatic carbocycles. The Bertz CT molecular complexity index is 1000. The number of amides is 2. The lowest BCUT2D eigenvalue weighted by Crippen LogP contribution is -2.39. The number of nitrogens with one attached hydrogen (secondary N) is 1. The summed E-state index contributed by atoms with van der Waals surface area (Å²) in [6.07, 6.45) is 3.29. The van der Waals surface area contributed by atoms with E-state index in [1.54, 1.807) is 23.2 Å². The van der Waals surface area contributed by atoms with Gasteiger partial charge in [0.25, 0.3) is 0 Å². The van der Waals surface area contributed by atoms with Crippen LogP contribution >= 0.6 is 0 Å². The molecule has 28 heavy (non-hydrogen) atoms. The quantitative estimate of drug-likeness (QED) is 0.735. The molecular weight excluding hydrogens is 355 g/mol. The smallest absolute Gasteiger partial charge is 0.320 e. The number of hydrogen-bond donors (Lipinski definition) is 1. The minimum atomic E-state index is -0.284. The van der Waals surface area contributed by atoms with Crippen LogP contribution in [0, 0.1) is 5.82 Å². The highest BCUT2D eigenvalue weighted by molar-refractivity contribution is 5.90. The summed E-state index contributed by atoms with van der Waals surface area (Å²) in [5.41, 5.74) is 4.62. The summed E-state index contributed by atoms with van der Waals surface area (Å²) in [4.78, 5) is 23.5. The Balaban J connectivity index is 1.49. The molecule has 0 atom stereocenters. The van der Waals surface area contributed by atoms with E-state index in [-0.39, 0.29) is 11.8 Å². The van der Waals surface area contributed by atoms with Gasteiger partial charge in [-0.05, 0) is 42.3 Å². The van der Waals surface area contributed by atoms with Gasteiger partial charge in [0.15, 0.2) is 5.82 Å². The maximum atomic E-state index is 13.1. The number of nitrogens with zero attached hydrogens (tertiary/aromatic N) is 3. The summed E-state index contributed by atoms with van der Waals surface area (Å²) in [6.45, 7) is 3.13. The zero-order chi connectivity index (χ0) is 19.5. The number of aryl methyl sites for hydroxylation is 1. The second-order valence-corrected chi connectivity index (χ2v) is 6.78. The molecule has 0 bridgehead atoms. The molecule has 4 rings (SSSR count). The van der Waals surface area contributed by atoms with Crippen LogP contribution in [0.2, 0.25) is 0 Å². The molecule has 0 aliphatic carbocycles. The van der Waals surface area contributed by atoms with Crippen molar-refractivity contribution in [2.75, 3.05) is 11.9 Å². The van der Waals surface area contributed by atoms with Gasteiger partial charge in [0.05, 0.1) is 12.2 Å². The van der Waals surface area contributed by atoms with Crippen LogP contribution in [0.4, 0.5) is 14.9 Å². The van der Waals surface area contributed by atoms with Crippen molar-refractivity contribution in [3.8, 4) is 11.4 Å². The van der Waals surface area contributed by atoms with Gasteiger partial charge >= 0.3 is 6.03 Å². The van der Waals surface area contributed by atoms with E-state index >= 15 is 0 Å². The molecule has 0 unspecified atom stereocenters. The van der Waals surface area contributed by atoms with Gasteiger partial charge in [-0.15, -0.1) is 0 Å². The number of fused-ring (bicyclic) bond motifs is 1. The molecule has 2 amide bonds. The largest absolute Gasteiger partial charge is 0.322 e. The molecule has 3 aromatic rings. The molecule has 6 heteroatoms. The normalized spacial score (nSPS) is 13.1. The first-order valence-corrected chi connectivity index (χ1v) is 9.38. The van der Waals surface area contributed by atoms with Crippen LogP contribution in [0.3, 0.4) is 0 Å². The van der Waals surface area contributed by atoms with Gasteiger partial charge in [0.1, 0.15) is 5.82 Å². The number of halogens is 1. The number of benzene rings is 2. The van der Waals surface area contributed by atoms with Crippen molar-refractivity contribution in [2.45, 2.75) is 26.3 Å². The fraction of sp³-hybridized carbons (Fsp3) is 0.227. The number of aromatic nitrogens is 2. The maximum absolute atomic E-state index is 13.1. The highest BCUT2D eigenvalue weighted by atomic mass is 19.1. The predicted molar refractivity (Wildman–Crippen MR) is 106 cm³/mol. The van der Waals surface area contributed by atoms with E-state index in [0.29, 0.717) is 25.3 Å². The lowest BCUT2D eigenvalue weighted by Gasteiger charge is -2.28. The first-order valence-electron chi connectivity index (χ1n) is 9.38. The molecule has 142 valence electrons. The van der Waals surface area contributed by atoms with Crippen LogP contribution in [-0.4, -0.2) is 27.4 Å². The van der Waals surface area contributed by atoms with E-state index in [4.69, 9.17) is 0 Å². The summed E-state index contributed by atoms with van der Waals surface area (Å²) in [5, 5.41) is 3.02. The molecule has 1 aliphatic rings. The lowest BCUT2D eigenvalue weighted by molar-refractivity contribution is 0.206. The summed E-state index contributed by atoms with van der Waals surface area (Å²) in [6, 6.07) is 13.9. The van der Waals surface area contributed by atoms with Crippen LogP contribution in [0.5, 0.6) is 0 Å². The van der Waals surface area contributed by atoms with E-state index in [0.717, 1.165) is 34.5 Å². The van der Waals surface area contributed by atoms with Crippen LogP contribution in [-0.2, 0) is 19.4 Å². The third-order valence-electron chi connectivity index (χ3n) is 4.96. The van der Waals surface area contributed by atoms with Gasteiger partial charge in [0.2, 0.25) is 0 Å². The van der Waals surface area contributed by atoms with Gasteiger partial charge < -0.3 is 10.2 Å². The average Bonchev–Trinajstić information content (AvgIpc) is 2.74. The first-order chi connectivity index (χ1) is 13.6. The predicted octanol–water partition coefficient (Wildman–Crippen LogP) is 4.44. The monoisotopic (exact) mass is 376 g/mol. The Morgan fingerprint density at radius 3 is 2.75 bits per heavy atom. The maximum Gasteiger partial charge on any atom is 0.322 e. The number of carbonyl (C=O) groups is 1. The highest BCUT2D eigenvalue weighted by Gasteiger charge is 2.23. The summed E-state index contributed by atoms with van der Waals surface area (Å²) in [7, 11) is 0. The minimum absolute atomic E-state index is 0.117. The van der Waals surface area contributed by atoms with Crippen LogP contribution in [0.15, 0.2) is 54.7 Å². The van der Waals surface area contributed by atoms with Gasteiger partial charge in [-0.25, -0.2) is 19.2 Å². The Kier molecular flexibility index (Phi) is 5.02. The second-order valence-electron chi connectivity index (χ2n) is 6.78. The Labute approximate surface area is 163 Å². The molecule has 0 spiro atoms. The summed E-state index contributed by atoms with van der Waals surface area (Å²) < 4.78 is 13.1. The second kappa shape index (κ2) is 7.76. The van der Waals surface area contributed by atoms with Crippen molar-refractivity contribution < 1.29 is 9.18 Å². The number of anilines is 1. The van der Waals surface area contributed by atoms with Crippen LogP contribution in [0.25, 0.3) is 11.4 Å². The third kappa shape index (κ3) is 3.71. The molecule has 5 nitrogen and oxygen atoms in total. The Morgan fingerprint density at radius 2 is 1.96 bits per heavy atom. The van der Waals surface area contributed by atoms with Crippen LogP contribution < -0.4 is 5.32 Å². The fourth-order valence-corrected chi connectivity index (χ4v) is 3.37. The molecule has 0 saturated heterocycles. The van der Waals surface area contributed by atoms with Crippen molar-refractivity contribution >= 4 is 11.7 Å². The Morgan fingerprint density at radius 1 is 1.18 bits per heavy atom. The standard InChI is InChI=1S/C22H21FN4O/c1-2-15-5-3-4-6-19(15)26-22(28)27-12-11-20-17(14-27)13-24-21(25-20)16-7-9-18(23)10-8-16/h3-10,13H,2,11-12,14H2,1H3,(H,26,28). The fourth-order valence-electron chi connectivity index (χ4n) is 3.37. The molecule has 0 fully saturated rings. The number of carbonyl (C=O) groups excluding carboxylic acids is 1. The van der Waals surface area contributed by atoms with Crippen LogP contribution in [0.1, 0.15) is 23.7 Å². The first kappa shape index (κ1) is 18.1. The zero-order valence-electron chi connectivity index (χ0n) is 15.7. The van der Waals surface area contributed by atoms with E-state index in [1.165, 1.54) is 12.1 Å². The van der Waals surface area contributed by atoms with E-state index in [2.05, 4.69) is 22.2 Å². The van der Waals surface area contributed by atoms with Crippen molar-refractivity contribution in [1.29, 1.82) is 0 Å². The van der Waals surface area contributed by atoms with Gasteiger partial charge in [-0.1, -0.05) is 25.1 Å². The molecule has 2 heterocycles. The summed E-state index contributed by atoms with van der Waals surface area (Å²) >= 11 is 0. The average molecular weight is 376 g/mol. The highest BCUT2D eigenvalue weighted by Crippen LogP contribution is 2.22. The molecular formula is C22H21FN4O.